The van der Waals surface area contributed by atoms with E-state index in [1.54, 1.807) is 6.92 Å². The topological polar surface area (TPSA) is 71.4 Å². The van der Waals surface area contributed by atoms with Gasteiger partial charge < -0.3 is 5.11 Å². The summed E-state index contributed by atoms with van der Waals surface area (Å²) in [7, 11) is -4.23. The quantitative estimate of drug-likeness (QED) is 0.873. The van der Waals surface area contributed by atoms with Gasteiger partial charge in [0.15, 0.2) is 15.1 Å². The van der Waals surface area contributed by atoms with Crippen molar-refractivity contribution < 1.29 is 22.7 Å². The molecule has 0 radical (unpaired) electrons. The van der Waals surface area contributed by atoms with Crippen molar-refractivity contribution in [2.45, 2.75) is 36.8 Å². The van der Waals surface area contributed by atoms with Crippen LogP contribution >= 0.6 is 0 Å². The van der Waals surface area contributed by atoms with Gasteiger partial charge in [-0.15, -0.1) is 0 Å². The van der Waals surface area contributed by atoms with Crippen molar-refractivity contribution in [1.29, 1.82) is 0 Å². The SMILES string of the molecule is CCCC(C)C(C(=O)O)S(=O)(=O)c1ccccc1F. The molecule has 0 aromatic heterocycles. The molecule has 1 aromatic carbocycles. The van der Waals surface area contributed by atoms with Crippen LogP contribution in [0.1, 0.15) is 26.7 Å². The number of carboxylic acids is 1. The summed E-state index contributed by atoms with van der Waals surface area (Å²) in [6.07, 6.45) is 1.11. The van der Waals surface area contributed by atoms with E-state index in [0.29, 0.717) is 12.8 Å². The van der Waals surface area contributed by atoms with Crippen LogP contribution in [0.25, 0.3) is 0 Å². The number of halogens is 1. The van der Waals surface area contributed by atoms with Gasteiger partial charge in [0.25, 0.3) is 0 Å². The zero-order chi connectivity index (χ0) is 14.6. The first-order valence-corrected chi connectivity index (χ1v) is 7.58. The molecule has 0 aliphatic heterocycles. The van der Waals surface area contributed by atoms with Crippen molar-refractivity contribution in [2.75, 3.05) is 0 Å². The third kappa shape index (κ3) is 3.32. The average Bonchev–Trinajstić information content (AvgIpc) is 2.28. The Kier molecular flexibility index (Phi) is 5.05. The van der Waals surface area contributed by atoms with Gasteiger partial charge in [0.1, 0.15) is 10.7 Å². The maximum Gasteiger partial charge on any atom is 0.322 e. The molecule has 0 heterocycles. The number of sulfone groups is 1. The minimum atomic E-state index is -4.23. The summed E-state index contributed by atoms with van der Waals surface area (Å²) in [5.74, 6) is -2.94. The summed E-state index contributed by atoms with van der Waals surface area (Å²) in [6.45, 7) is 3.39. The summed E-state index contributed by atoms with van der Waals surface area (Å²) < 4.78 is 38.2. The van der Waals surface area contributed by atoms with E-state index in [1.165, 1.54) is 12.1 Å². The van der Waals surface area contributed by atoms with Crippen LogP contribution in [0, 0.1) is 11.7 Å². The summed E-state index contributed by atoms with van der Waals surface area (Å²) in [5, 5.41) is 7.54. The Morgan fingerprint density at radius 3 is 2.42 bits per heavy atom. The highest BCUT2D eigenvalue weighted by molar-refractivity contribution is 7.92. The van der Waals surface area contributed by atoms with Gasteiger partial charge in [-0.05, 0) is 24.5 Å². The van der Waals surface area contributed by atoms with Gasteiger partial charge in [0.2, 0.25) is 0 Å². The minimum Gasteiger partial charge on any atom is -0.480 e. The summed E-state index contributed by atoms with van der Waals surface area (Å²) >= 11 is 0. The fourth-order valence-corrected chi connectivity index (χ4v) is 4.00. The highest BCUT2D eigenvalue weighted by atomic mass is 32.2. The van der Waals surface area contributed by atoms with E-state index < -0.39 is 37.7 Å². The second-order valence-corrected chi connectivity index (χ2v) is 6.54. The number of carbonyl (C=O) groups is 1. The molecule has 0 aliphatic rings. The Bertz CT molecular complexity index is 554. The van der Waals surface area contributed by atoms with Gasteiger partial charge in [0.05, 0.1) is 0 Å². The number of hydrogen-bond acceptors (Lipinski definition) is 3. The van der Waals surface area contributed by atoms with E-state index in [9.17, 15) is 17.6 Å². The van der Waals surface area contributed by atoms with Crippen LogP contribution in [-0.2, 0) is 14.6 Å². The predicted molar refractivity (Wildman–Crippen MR) is 69.1 cm³/mol. The van der Waals surface area contributed by atoms with Crippen molar-refractivity contribution in [1.82, 2.24) is 0 Å². The van der Waals surface area contributed by atoms with Crippen LogP contribution < -0.4 is 0 Å². The predicted octanol–water partition coefficient (Wildman–Crippen LogP) is 2.49. The van der Waals surface area contributed by atoms with E-state index in [4.69, 9.17) is 5.11 Å². The Morgan fingerprint density at radius 2 is 1.95 bits per heavy atom. The van der Waals surface area contributed by atoms with Crippen molar-refractivity contribution in [2.24, 2.45) is 5.92 Å². The first-order chi connectivity index (χ1) is 8.82. The number of aliphatic carboxylic acids is 1. The normalized spacial score (nSPS) is 14.9. The molecular formula is C13H17FO4S. The molecule has 106 valence electrons. The number of rotatable bonds is 6. The second-order valence-electron chi connectivity index (χ2n) is 4.50. The fourth-order valence-electron chi connectivity index (χ4n) is 2.10. The smallest absolute Gasteiger partial charge is 0.322 e. The molecule has 1 aromatic rings. The summed E-state index contributed by atoms with van der Waals surface area (Å²) in [4.78, 5) is 10.7. The Balaban J connectivity index is 3.29. The molecule has 19 heavy (non-hydrogen) atoms. The molecule has 1 N–H and O–H groups in total. The van der Waals surface area contributed by atoms with Gasteiger partial charge in [-0.1, -0.05) is 32.4 Å². The van der Waals surface area contributed by atoms with E-state index in [0.717, 1.165) is 12.1 Å². The van der Waals surface area contributed by atoms with Crippen molar-refractivity contribution in [3.63, 3.8) is 0 Å². The van der Waals surface area contributed by atoms with Crippen molar-refractivity contribution >= 4 is 15.8 Å². The third-order valence-corrected chi connectivity index (χ3v) is 5.26. The van der Waals surface area contributed by atoms with E-state index in [-0.39, 0.29) is 0 Å². The van der Waals surface area contributed by atoms with Gasteiger partial charge >= 0.3 is 5.97 Å². The fraction of sp³-hybridized carbons (Fsp3) is 0.462. The molecule has 2 unspecified atom stereocenters. The first kappa shape index (κ1) is 15.6. The van der Waals surface area contributed by atoms with Crippen LogP contribution in [0.3, 0.4) is 0 Å². The third-order valence-electron chi connectivity index (χ3n) is 2.98. The molecule has 6 heteroatoms. The lowest BCUT2D eigenvalue weighted by Gasteiger charge is -2.20. The van der Waals surface area contributed by atoms with Crippen LogP contribution in [0.4, 0.5) is 4.39 Å². The Morgan fingerprint density at radius 1 is 1.37 bits per heavy atom. The van der Waals surface area contributed by atoms with Gasteiger partial charge in [0, 0.05) is 0 Å². The highest BCUT2D eigenvalue weighted by Gasteiger charge is 2.39. The van der Waals surface area contributed by atoms with Crippen molar-refractivity contribution in [3.05, 3.63) is 30.1 Å². The Hall–Kier alpha value is -1.43. The minimum absolute atomic E-state index is 0.449. The largest absolute Gasteiger partial charge is 0.480 e. The van der Waals surface area contributed by atoms with E-state index >= 15 is 0 Å². The molecule has 0 aliphatic carbocycles. The standard InChI is InChI=1S/C13H17FO4S/c1-3-6-9(2)12(13(15)16)19(17,18)11-8-5-4-7-10(11)14/h4-5,7-9,12H,3,6H2,1-2H3,(H,15,16). The van der Waals surface area contributed by atoms with Gasteiger partial charge in [-0.3, -0.25) is 4.79 Å². The van der Waals surface area contributed by atoms with Crippen LogP contribution in [-0.4, -0.2) is 24.7 Å². The molecule has 2 atom stereocenters. The molecule has 1 rings (SSSR count). The van der Waals surface area contributed by atoms with Gasteiger partial charge in [-0.2, -0.15) is 0 Å². The number of benzene rings is 1. The maximum atomic E-state index is 13.6. The molecule has 0 bridgehead atoms. The van der Waals surface area contributed by atoms with E-state index in [1.807, 2.05) is 6.92 Å². The summed E-state index contributed by atoms with van der Waals surface area (Å²) in [5.41, 5.74) is 0. The first-order valence-electron chi connectivity index (χ1n) is 6.03. The molecule has 0 fully saturated rings. The average molecular weight is 288 g/mol. The molecule has 0 saturated heterocycles. The zero-order valence-corrected chi connectivity index (χ0v) is 11.7. The molecule has 0 amide bonds. The highest BCUT2D eigenvalue weighted by Crippen LogP contribution is 2.26. The lowest BCUT2D eigenvalue weighted by atomic mass is 10.0. The van der Waals surface area contributed by atoms with Crippen LogP contribution in [0.2, 0.25) is 0 Å². The van der Waals surface area contributed by atoms with Gasteiger partial charge in [-0.25, -0.2) is 12.8 Å². The molecule has 4 nitrogen and oxygen atoms in total. The molecule has 0 spiro atoms. The van der Waals surface area contributed by atoms with Crippen molar-refractivity contribution in [3.8, 4) is 0 Å². The maximum absolute atomic E-state index is 13.6. The second kappa shape index (κ2) is 6.14. The molecule has 0 saturated carbocycles. The zero-order valence-electron chi connectivity index (χ0n) is 10.8. The molecular weight excluding hydrogens is 271 g/mol. The van der Waals surface area contributed by atoms with E-state index in [2.05, 4.69) is 0 Å². The number of carboxylic acid groups (broad SMARTS) is 1. The van der Waals surface area contributed by atoms with Crippen LogP contribution in [0.15, 0.2) is 29.2 Å². The number of hydrogen-bond donors (Lipinski definition) is 1. The van der Waals surface area contributed by atoms with Crippen LogP contribution in [0.5, 0.6) is 0 Å². The monoisotopic (exact) mass is 288 g/mol. The summed E-state index contributed by atoms with van der Waals surface area (Å²) in [6, 6.07) is 4.84. The Labute approximate surface area is 112 Å². The lowest BCUT2D eigenvalue weighted by molar-refractivity contribution is -0.137. The lowest BCUT2D eigenvalue weighted by Crippen LogP contribution is -2.36.